The van der Waals surface area contributed by atoms with Crippen LogP contribution in [0, 0.1) is 0 Å². The molecule has 0 spiro atoms. The highest BCUT2D eigenvalue weighted by molar-refractivity contribution is 5.55. The minimum Gasteiger partial charge on any atom is -0.454 e. The van der Waals surface area contributed by atoms with Crippen molar-refractivity contribution < 1.29 is 9.47 Å². The summed E-state index contributed by atoms with van der Waals surface area (Å²) in [5.41, 5.74) is 1.11. The van der Waals surface area contributed by atoms with Gasteiger partial charge in [0.2, 0.25) is 6.79 Å². The molecule has 0 aliphatic carbocycles. The quantitative estimate of drug-likeness (QED) is 0.827. The summed E-state index contributed by atoms with van der Waals surface area (Å²) < 4.78 is 10.7. The number of hydrogen-bond acceptors (Lipinski definition) is 4. The van der Waals surface area contributed by atoms with Crippen molar-refractivity contribution in [3.63, 3.8) is 0 Å². The number of likely N-dealkylation sites (tertiary alicyclic amines) is 1. The van der Waals surface area contributed by atoms with Gasteiger partial charge >= 0.3 is 0 Å². The van der Waals surface area contributed by atoms with Crippen molar-refractivity contribution in [1.29, 1.82) is 0 Å². The van der Waals surface area contributed by atoms with Gasteiger partial charge < -0.3 is 19.7 Å². The zero-order valence-electron chi connectivity index (χ0n) is 11.4. The van der Waals surface area contributed by atoms with Crippen molar-refractivity contribution in [1.82, 2.24) is 4.90 Å². The summed E-state index contributed by atoms with van der Waals surface area (Å²) in [6, 6.07) is 6.03. The average Bonchev–Trinajstić information content (AvgIpc) is 2.92. The van der Waals surface area contributed by atoms with E-state index in [0.717, 1.165) is 23.7 Å². The third-order valence-electron chi connectivity index (χ3n) is 3.80. The fourth-order valence-corrected chi connectivity index (χ4v) is 2.72. The summed E-state index contributed by atoms with van der Waals surface area (Å²) in [6.07, 6.45) is 5.34. The molecule has 3 rings (SSSR count). The number of ether oxygens (including phenoxy) is 2. The highest BCUT2D eigenvalue weighted by Gasteiger charge is 2.13. The van der Waals surface area contributed by atoms with Crippen LogP contribution in [0.1, 0.15) is 25.7 Å². The number of rotatable bonds is 5. The Morgan fingerprint density at radius 1 is 1.05 bits per heavy atom. The first-order chi connectivity index (χ1) is 9.42. The van der Waals surface area contributed by atoms with Gasteiger partial charge in [0.15, 0.2) is 11.5 Å². The molecule has 0 unspecified atom stereocenters. The van der Waals surface area contributed by atoms with Crippen LogP contribution in [0.5, 0.6) is 11.5 Å². The molecule has 0 atom stereocenters. The molecule has 0 bridgehead atoms. The molecule has 0 saturated carbocycles. The molecule has 1 saturated heterocycles. The van der Waals surface area contributed by atoms with Crippen LogP contribution < -0.4 is 14.8 Å². The molecule has 19 heavy (non-hydrogen) atoms. The minimum atomic E-state index is 0.341. The molecule has 2 heterocycles. The topological polar surface area (TPSA) is 33.7 Å². The van der Waals surface area contributed by atoms with E-state index in [1.807, 2.05) is 12.1 Å². The maximum atomic E-state index is 5.37. The largest absolute Gasteiger partial charge is 0.454 e. The average molecular weight is 262 g/mol. The molecule has 104 valence electrons. The molecule has 1 fully saturated rings. The highest BCUT2D eigenvalue weighted by Crippen LogP contribution is 2.34. The van der Waals surface area contributed by atoms with Gasteiger partial charge in [-0.3, -0.25) is 0 Å². The van der Waals surface area contributed by atoms with Crippen LogP contribution in [-0.4, -0.2) is 37.9 Å². The molecular formula is C15H22N2O2. The number of anilines is 1. The van der Waals surface area contributed by atoms with Gasteiger partial charge in [-0.1, -0.05) is 6.42 Å². The monoisotopic (exact) mass is 262 g/mol. The molecule has 2 aliphatic rings. The molecule has 1 N–H and O–H groups in total. The predicted molar refractivity (Wildman–Crippen MR) is 76.0 cm³/mol. The van der Waals surface area contributed by atoms with Crippen LogP contribution in [0.2, 0.25) is 0 Å². The molecule has 0 radical (unpaired) electrons. The fraction of sp³-hybridized carbons (Fsp3) is 0.600. The van der Waals surface area contributed by atoms with Gasteiger partial charge in [0.1, 0.15) is 0 Å². The number of fused-ring (bicyclic) bond motifs is 1. The Labute approximate surface area is 114 Å². The summed E-state index contributed by atoms with van der Waals surface area (Å²) >= 11 is 0. The Morgan fingerprint density at radius 2 is 1.89 bits per heavy atom. The summed E-state index contributed by atoms with van der Waals surface area (Å²) in [5, 5.41) is 3.45. The maximum absolute atomic E-state index is 5.37. The minimum absolute atomic E-state index is 0.341. The zero-order chi connectivity index (χ0) is 12.9. The Bertz CT molecular complexity index is 417. The van der Waals surface area contributed by atoms with E-state index in [1.165, 1.54) is 45.3 Å². The van der Waals surface area contributed by atoms with E-state index in [2.05, 4.69) is 16.3 Å². The molecule has 4 nitrogen and oxygen atoms in total. The predicted octanol–water partition coefficient (Wildman–Crippen LogP) is 2.70. The van der Waals surface area contributed by atoms with Gasteiger partial charge in [0.05, 0.1) is 0 Å². The summed E-state index contributed by atoms with van der Waals surface area (Å²) in [4.78, 5) is 2.57. The smallest absolute Gasteiger partial charge is 0.231 e. The number of piperidine rings is 1. The number of nitrogens with one attached hydrogen (secondary N) is 1. The lowest BCUT2D eigenvalue weighted by Crippen LogP contribution is -2.31. The first-order valence-electron chi connectivity index (χ1n) is 7.28. The van der Waals surface area contributed by atoms with E-state index in [-0.39, 0.29) is 0 Å². The van der Waals surface area contributed by atoms with Crippen LogP contribution in [0.15, 0.2) is 18.2 Å². The van der Waals surface area contributed by atoms with Crippen LogP contribution in [-0.2, 0) is 0 Å². The van der Waals surface area contributed by atoms with Gasteiger partial charge in [-0.2, -0.15) is 0 Å². The molecule has 4 heteroatoms. The summed E-state index contributed by atoms with van der Waals surface area (Å²) in [6.45, 7) is 5.12. The van der Waals surface area contributed by atoms with Gasteiger partial charge in [-0.15, -0.1) is 0 Å². The first kappa shape index (κ1) is 12.6. The maximum Gasteiger partial charge on any atom is 0.231 e. The van der Waals surface area contributed by atoms with Crippen LogP contribution in [0.25, 0.3) is 0 Å². The van der Waals surface area contributed by atoms with Crippen molar-refractivity contribution in [3.8, 4) is 11.5 Å². The summed E-state index contributed by atoms with van der Waals surface area (Å²) in [7, 11) is 0. The standard InChI is InChI=1S/C15H22N2O2/c1-2-8-17(9-3-1)10-4-7-16-13-5-6-14-15(11-13)19-12-18-14/h5-6,11,16H,1-4,7-10,12H2. The number of hydrogen-bond donors (Lipinski definition) is 1. The SMILES string of the molecule is c1cc2c(cc1NCCCN1CCCCC1)OCO2. The Kier molecular flexibility index (Phi) is 4.08. The van der Waals surface area contributed by atoms with Gasteiger partial charge in [-0.05, 0) is 51.0 Å². The lowest BCUT2D eigenvalue weighted by molar-refractivity contribution is 0.174. The second-order valence-electron chi connectivity index (χ2n) is 5.25. The van der Waals surface area contributed by atoms with Crippen LogP contribution in [0.4, 0.5) is 5.69 Å². The Balaban J connectivity index is 1.40. The van der Waals surface area contributed by atoms with Crippen molar-refractivity contribution in [2.24, 2.45) is 0 Å². The highest BCUT2D eigenvalue weighted by atomic mass is 16.7. The van der Waals surface area contributed by atoms with Gasteiger partial charge in [0.25, 0.3) is 0 Å². The van der Waals surface area contributed by atoms with E-state index in [0.29, 0.717) is 6.79 Å². The van der Waals surface area contributed by atoms with Crippen LogP contribution >= 0.6 is 0 Å². The molecule has 0 amide bonds. The van der Waals surface area contributed by atoms with E-state index in [4.69, 9.17) is 9.47 Å². The second kappa shape index (κ2) is 6.15. The zero-order valence-corrected chi connectivity index (χ0v) is 11.4. The Hall–Kier alpha value is -1.42. The Morgan fingerprint density at radius 3 is 2.79 bits per heavy atom. The molecular weight excluding hydrogens is 240 g/mol. The molecule has 1 aromatic rings. The molecule has 1 aromatic carbocycles. The lowest BCUT2D eigenvalue weighted by atomic mass is 10.1. The number of nitrogens with zero attached hydrogens (tertiary/aromatic N) is 1. The summed E-state index contributed by atoms with van der Waals surface area (Å²) in [5.74, 6) is 1.69. The van der Waals surface area contributed by atoms with Gasteiger partial charge in [-0.25, -0.2) is 0 Å². The van der Waals surface area contributed by atoms with Crippen molar-refractivity contribution in [2.75, 3.05) is 38.3 Å². The third kappa shape index (κ3) is 3.32. The lowest BCUT2D eigenvalue weighted by Gasteiger charge is -2.26. The van der Waals surface area contributed by atoms with E-state index in [1.54, 1.807) is 0 Å². The first-order valence-corrected chi connectivity index (χ1v) is 7.28. The number of benzene rings is 1. The van der Waals surface area contributed by atoms with Crippen molar-refractivity contribution in [3.05, 3.63) is 18.2 Å². The molecule has 0 aromatic heterocycles. The van der Waals surface area contributed by atoms with Crippen LogP contribution in [0.3, 0.4) is 0 Å². The second-order valence-corrected chi connectivity index (χ2v) is 5.25. The van der Waals surface area contributed by atoms with E-state index >= 15 is 0 Å². The molecule has 2 aliphatic heterocycles. The third-order valence-corrected chi connectivity index (χ3v) is 3.80. The van der Waals surface area contributed by atoms with E-state index < -0.39 is 0 Å². The normalized spacial score (nSPS) is 18.5. The fourth-order valence-electron chi connectivity index (χ4n) is 2.72. The van der Waals surface area contributed by atoms with Gasteiger partial charge in [0, 0.05) is 18.3 Å². The van der Waals surface area contributed by atoms with E-state index in [9.17, 15) is 0 Å². The van der Waals surface area contributed by atoms with Crippen molar-refractivity contribution >= 4 is 5.69 Å². The van der Waals surface area contributed by atoms with Crippen molar-refractivity contribution in [2.45, 2.75) is 25.7 Å².